The van der Waals surface area contributed by atoms with Gasteiger partial charge in [-0.15, -0.1) is 11.8 Å². The molecule has 0 N–H and O–H groups in total. The number of hydrogen-bond acceptors (Lipinski definition) is 3. The summed E-state index contributed by atoms with van der Waals surface area (Å²) in [5.74, 6) is 0. The molecule has 0 saturated carbocycles. The first-order valence-electron chi connectivity index (χ1n) is 4.05. The van der Waals surface area contributed by atoms with Crippen LogP contribution in [-0.4, -0.2) is 10.6 Å². The normalized spacial score (nSPS) is 10.4. The van der Waals surface area contributed by atoms with E-state index in [9.17, 15) is 0 Å². The van der Waals surface area contributed by atoms with Crippen LogP contribution in [0.3, 0.4) is 0 Å². The van der Waals surface area contributed by atoms with Crippen molar-refractivity contribution in [3.8, 4) is 11.3 Å². The smallest absolute Gasteiger partial charge is 0.0982 e. The minimum absolute atomic E-state index is 1.03. The first-order chi connectivity index (χ1) is 6.81. The summed E-state index contributed by atoms with van der Waals surface area (Å²) in [6.07, 6.45) is 2.08. The van der Waals surface area contributed by atoms with Crippen LogP contribution < -0.4 is 0 Å². The van der Waals surface area contributed by atoms with Crippen molar-refractivity contribution < 1.29 is 0 Å². The predicted octanol–water partition coefficient (Wildman–Crippen LogP) is 4.29. The Morgan fingerprint density at radius 2 is 2.00 bits per heavy atom. The summed E-state index contributed by atoms with van der Waals surface area (Å²) in [6.45, 7) is 0. The maximum atomic E-state index is 4.33. The lowest BCUT2D eigenvalue weighted by Crippen LogP contribution is -1.77. The van der Waals surface area contributed by atoms with Crippen LogP contribution in [0.2, 0.25) is 0 Å². The van der Waals surface area contributed by atoms with Crippen LogP contribution in [0.15, 0.2) is 39.0 Å². The van der Waals surface area contributed by atoms with Crippen LogP contribution in [0.1, 0.15) is 0 Å². The van der Waals surface area contributed by atoms with Gasteiger partial charge in [-0.25, -0.2) is 0 Å². The molecule has 1 nitrogen and oxygen atoms in total. The maximum Gasteiger partial charge on any atom is 0.0982 e. The third-order valence-corrected chi connectivity index (χ3v) is 4.17. The zero-order chi connectivity index (χ0) is 9.97. The highest BCUT2D eigenvalue weighted by Crippen LogP contribution is 2.29. The Morgan fingerprint density at radius 1 is 1.29 bits per heavy atom. The highest BCUT2D eigenvalue weighted by Gasteiger charge is 2.05. The molecule has 0 saturated heterocycles. The number of rotatable bonds is 2. The molecule has 0 aliphatic carbocycles. The van der Waals surface area contributed by atoms with Crippen LogP contribution in [0.25, 0.3) is 11.3 Å². The van der Waals surface area contributed by atoms with Crippen LogP contribution in [0, 0.1) is 0 Å². The number of nitrogens with zero attached hydrogens (tertiary/aromatic N) is 1. The second-order valence-electron chi connectivity index (χ2n) is 2.74. The van der Waals surface area contributed by atoms with Gasteiger partial charge < -0.3 is 0 Å². The number of thioether (sulfide) groups is 1. The highest BCUT2D eigenvalue weighted by atomic mass is 79.9. The van der Waals surface area contributed by atoms with Gasteiger partial charge >= 0.3 is 0 Å². The third-order valence-electron chi connectivity index (χ3n) is 1.89. The standard InChI is InChI=1S/C10H8BrNS2/c1-13-8-4-2-7(3-5-8)10-9(11)6-14-12-10/h2-6H,1H3. The van der Waals surface area contributed by atoms with Gasteiger partial charge in [-0.1, -0.05) is 12.1 Å². The predicted molar refractivity (Wildman–Crippen MR) is 67.0 cm³/mol. The molecule has 72 valence electrons. The molecular weight excluding hydrogens is 278 g/mol. The van der Waals surface area contributed by atoms with E-state index >= 15 is 0 Å². The number of halogens is 1. The van der Waals surface area contributed by atoms with Gasteiger partial charge in [-0.3, -0.25) is 0 Å². The van der Waals surface area contributed by atoms with Crippen molar-refractivity contribution in [3.63, 3.8) is 0 Å². The monoisotopic (exact) mass is 285 g/mol. The van der Waals surface area contributed by atoms with Crippen molar-refractivity contribution in [2.45, 2.75) is 4.90 Å². The first kappa shape index (κ1) is 10.2. The topological polar surface area (TPSA) is 12.9 Å². The lowest BCUT2D eigenvalue weighted by Gasteiger charge is -1.99. The molecule has 1 aromatic heterocycles. The fourth-order valence-electron chi connectivity index (χ4n) is 1.16. The van der Waals surface area contributed by atoms with Crippen LogP contribution in [-0.2, 0) is 0 Å². The molecular formula is C10H8BrNS2. The molecule has 0 amide bonds. The molecule has 14 heavy (non-hydrogen) atoms. The van der Waals surface area contributed by atoms with Gasteiger partial charge in [0.25, 0.3) is 0 Å². The minimum Gasteiger partial charge on any atom is -0.191 e. The molecule has 0 unspecified atom stereocenters. The highest BCUT2D eigenvalue weighted by molar-refractivity contribution is 9.10. The Morgan fingerprint density at radius 3 is 2.50 bits per heavy atom. The lowest BCUT2D eigenvalue weighted by molar-refractivity contribution is 1.43. The Kier molecular flexibility index (Phi) is 3.26. The van der Waals surface area contributed by atoms with Crippen molar-refractivity contribution in [1.82, 2.24) is 4.37 Å². The summed E-state index contributed by atoms with van der Waals surface area (Å²) in [7, 11) is 0. The van der Waals surface area contributed by atoms with E-state index in [1.54, 1.807) is 11.8 Å². The van der Waals surface area contributed by atoms with Crippen molar-refractivity contribution in [2.75, 3.05) is 6.26 Å². The number of aromatic nitrogens is 1. The van der Waals surface area contributed by atoms with Crippen molar-refractivity contribution >= 4 is 39.2 Å². The molecule has 0 aliphatic heterocycles. The Bertz CT molecular complexity index is 422. The van der Waals surface area contributed by atoms with Crippen molar-refractivity contribution in [2.24, 2.45) is 0 Å². The third kappa shape index (κ3) is 2.02. The average molecular weight is 286 g/mol. The zero-order valence-electron chi connectivity index (χ0n) is 7.53. The Balaban J connectivity index is 2.39. The van der Waals surface area contributed by atoms with Crippen LogP contribution >= 0.6 is 39.2 Å². The van der Waals surface area contributed by atoms with E-state index in [-0.39, 0.29) is 0 Å². The van der Waals surface area contributed by atoms with Gasteiger partial charge in [-0.05, 0) is 45.9 Å². The molecule has 0 aliphatic rings. The average Bonchev–Trinajstić information content (AvgIpc) is 2.65. The van der Waals surface area contributed by atoms with Gasteiger partial charge in [0.15, 0.2) is 0 Å². The van der Waals surface area contributed by atoms with Crippen molar-refractivity contribution in [3.05, 3.63) is 34.1 Å². The molecule has 1 aromatic carbocycles. The molecule has 2 rings (SSSR count). The van der Waals surface area contributed by atoms with E-state index in [0.717, 1.165) is 15.7 Å². The molecule has 0 bridgehead atoms. The lowest BCUT2D eigenvalue weighted by atomic mass is 10.2. The summed E-state index contributed by atoms with van der Waals surface area (Å²) >= 11 is 6.70. The van der Waals surface area contributed by atoms with E-state index in [0.29, 0.717) is 0 Å². The summed E-state index contributed by atoms with van der Waals surface area (Å²) < 4.78 is 5.40. The fourth-order valence-corrected chi connectivity index (χ4v) is 2.82. The van der Waals surface area contributed by atoms with E-state index < -0.39 is 0 Å². The van der Waals surface area contributed by atoms with E-state index in [4.69, 9.17) is 0 Å². The quantitative estimate of drug-likeness (QED) is 0.764. The minimum atomic E-state index is 1.03. The molecule has 0 radical (unpaired) electrons. The van der Waals surface area contributed by atoms with Crippen LogP contribution in [0.4, 0.5) is 0 Å². The molecule has 0 spiro atoms. The molecule has 1 heterocycles. The summed E-state index contributed by atoms with van der Waals surface area (Å²) in [5, 5.41) is 2.00. The van der Waals surface area contributed by atoms with Gasteiger partial charge in [-0.2, -0.15) is 4.37 Å². The summed E-state index contributed by atoms with van der Waals surface area (Å²) in [5.41, 5.74) is 2.19. The maximum absolute atomic E-state index is 4.33. The van der Waals surface area contributed by atoms with E-state index in [1.165, 1.54) is 16.4 Å². The zero-order valence-corrected chi connectivity index (χ0v) is 10.7. The van der Waals surface area contributed by atoms with Gasteiger partial charge in [0.05, 0.1) is 10.2 Å². The van der Waals surface area contributed by atoms with Gasteiger partial charge in [0.2, 0.25) is 0 Å². The Labute approximate surface area is 99.8 Å². The molecule has 0 atom stereocenters. The molecule has 2 aromatic rings. The largest absolute Gasteiger partial charge is 0.191 e. The fraction of sp³-hybridized carbons (Fsp3) is 0.100. The summed E-state index contributed by atoms with van der Waals surface area (Å²) in [6, 6.07) is 8.44. The van der Waals surface area contributed by atoms with Gasteiger partial charge in [0, 0.05) is 15.8 Å². The molecule has 0 fully saturated rings. The van der Waals surface area contributed by atoms with Gasteiger partial charge in [0.1, 0.15) is 0 Å². The van der Waals surface area contributed by atoms with Crippen LogP contribution in [0.5, 0.6) is 0 Å². The van der Waals surface area contributed by atoms with Crippen molar-refractivity contribution in [1.29, 1.82) is 0 Å². The second kappa shape index (κ2) is 4.47. The number of benzene rings is 1. The van der Waals surface area contributed by atoms with E-state index in [2.05, 4.69) is 50.8 Å². The summed E-state index contributed by atoms with van der Waals surface area (Å²) in [4.78, 5) is 1.28. The Hall–Kier alpha value is -0.320. The molecule has 4 heteroatoms. The number of hydrogen-bond donors (Lipinski definition) is 0. The second-order valence-corrected chi connectivity index (χ2v) is 5.10. The SMILES string of the molecule is CSc1ccc(-c2nscc2Br)cc1. The first-order valence-corrected chi connectivity index (χ1v) is 6.91. The van der Waals surface area contributed by atoms with E-state index in [1.807, 2.05) is 5.38 Å².